The molecule has 1 aliphatic heterocycles. The molecule has 0 fully saturated rings. The van der Waals surface area contributed by atoms with E-state index in [0.29, 0.717) is 5.03 Å². The Bertz CT molecular complexity index is 487. The second kappa shape index (κ2) is 2.67. The molecule has 1 aromatic rings. The van der Waals surface area contributed by atoms with Gasteiger partial charge in [0.2, 0.25) is 0 Å². The maximum atomic E-state index is 6.06. The van der Waals surface area contributed by atoms with Crippen LogP contribution in [-0.4, -0.2) is 4.98 Å². The summed E-state index contributed by atoms with van der Waals surface area (Å²) in [5, 5.41) is 1.65. The normalized spacial score (nSPS) is 14.8. The van der Waals surface area contributed by atoms with E-state index < -0.39 is 0 Å². The van der Waals surface area contributed by atoms with Gasteiger partial charge in [0.05, 0.1) is 11.2 Å². The Kier molecular flexibility index (Phi) is 1.65. The lowest BCUT2D eigenvalue weighted by Crippen LogP contribution is -2.23. The third-order valence-electron chi connectivity index (χ3n) is 1.77. The summed E-state index contributed by atoms with van der Waals surface area (Å²) in [7, 11) is 0. The topological polar surface area (TPSA) is 28.1 Å². The molecule has 0 saturated heterocycles. The Labute approximate surface area is 74.6 Å². The van der Waals surface area contributed by atoms with Gasteiger partial charge in [-0.15, -0.1) is 0 Å². The van der Waals surface area contributed by atoms with E-state index in [-0.39, 0.29) is 0 Å². The van der Waals surface area contributed by atoms with Crippen LogP contribution < -0.4 is 10.7 Å². The lowest BCUT2D eigenvalue weighted by molar-refractivity contribution is 1.18. The van der Waals surface area contributed by atoms with Gasteiger partial charge in [-0.3, -0.25) is 0 Å². The minimum Gasteiger partial charge on any atom is -0.346 e. The molecule has 0 amide bonds. The molecule has 0 bridgehead atoms. The molecule has 0 aromatic carbocycles. The Balaban J connectivity index is 2.97. The van der Waals surface area contributed by atoms with Crippen LogP contribution in [0.15, 0.2) is 34.8 Å². The molecule has 0 atom stereocenters. The zero-order valence-electron chi connectivity index (χ0n) is 6.56. The van der Waals surface area contributed by atoms with Gasteiger partial charge in [-0.25, -0.2) is 4.99 Å². The highest BCUT2D eigenvalue weighted by molar-refractivity contribution is 6.48. The Morgan fingerprint density at radius 1 is 1.58 bits per heavy atom. The smallest absolute Gasteiger partial charge is 0.139 e. The number of aromatic amines is 1. The average Bonchev–Trinajstić information content (AvgIpc) is 2.46. The van der Waals surface area contributed by atoms with Crippen LogP contribution in [0.25, 0.3) is 5.03 Å². The molecule has 12 heavy (non-hydrogen) atoms. The molecule has 2 rings (SSSR count). The highest BCUT2D eigenvalue weighted by Crippen LogP contribution is 2.11. The predicted octanol–water partition coefficient (Wildman–Crippen LogP) is 1.05. The van der Waals surface area contributed by atoms with Gasteiger partial charge in [-0.2, -0.15) is 0 Å². The van der Waals surface area contributed by atoms with Gasteiger partial charge in [0.15, 0.2) is 0 Å². The van der Waals surface area contributed by atoms with Crippen LogP contribution in [0, 0.1) is 0 Å². The quantitative estimate of drug-likeness (QED) is 0.576. The number of nitrogens with zero attached hydrogens (tertiary/aromatic N) is 1. The zero-order chi connectivity index (χ0) is 8.55. The van der Waals surface area contributed by atoms with E-state index in [1.54, 1.807) is 6.20 Å². The molecule has 0 aliphatic carbocycles. The summed E-state index contributed by atoms with van der Waals surface area (Å²) in [6.07, 6.45) is 3.45. The Hall–Kier alpha value is -1.24. The molecule has 0 radical (unpaired) electrons. The van der Waals surface area contributed by atoms with E-state index in [0.717, 1.165) is 16.3 Å². The van der Waals surface area contributed by atoms with Crippen molar-refractivity contribution in [1.82, 2.24) is 4.98 Å². The van der Waals surface area contributed by atoms with Crippen molar-refractivity contribution in [1.29, 1.82) is 0 Å². The molecule has 3 heteroatoms. The predicted molar refractivity (Wildman–Crippen MR) is 48.1 cm³/mol. The van der Waals surface area contributed by atoms with Crippen molar-refractivity contribution >= 4 is 16.6 Å². The lowest BCUT2D eigenvalue weighted by atomic mass is 10.2. The van der Waals surface area contributed by atoms with Crippen LogP contribution in [0.2, 0.25) is 0 Å². The molecular formula is C9H7ClN2. The number of rotatable bonds is 0. The van der Waals surface area contributed by atoms with Crippen LogP contribution in [0.4, 0.5) is 0 Å². The van der Waals surface area contributed by atoms with E-state index in [9.17, 15) is 0 Å². The van der Waals surface area contributed by atoms with Crippen molar-refractivity contribution in [2.45, 2.75) is 6.92 Å². The van der Waals surface area contributed by atoms with Crippen molar-refractivity contribution < 1.29 is 0 Å². The SMILES string of the molecule is CC1=C=CN=c2[nH]ccc2=C1Cl. The average molecular weight is 179 g/mol. The Morgan fingerprint density at radius 2 is 2.42 bits per heavy atom. The van der Waals surface area contributed by atoms with Crippen LogP contribution in [-0.2, 0) is 0 Å². The number of fused-ring (bicyclic) bond motifs is 1. The fourth-order valence-electron chi connectivity index (χ4n) is 1.10. The maximum Gasteiger partial charge on any atom is 0.139 e. The van der Waals surface area contributed by atoms with E-state index >= 15 is 0 Å². The van der Waals surface area contributed by atoms with Crippen molar-refractivity contribution in [3.8, 4) is 0 Å². The fourth-order valence-corrected chi connectivity index (χ4v) is 1.31. The van der Waals surface area contributed by atoms with Gasteiger partial charge in [-0.05, 0) is 13.0 Å². The van der Waals surface area contributed by atoms with Crippen LogP contribution in [0.1, 0.15) is 6.92 Å². The van der Waals surface area contributed by atoms with Gasteiger partial charge in [0.1, 0.15) is 5.49 Å². The summed E-state index contributed by atoms with van der Waals surface area (Å²) in [5.41, 5.74) is 4.67. The van der Waals surface area contributed by atoms with Crippen LogP contribution in [0.5, 0.6) is 0 Å². The summed E-state index contributed by atoms with van der Waals surface area (Å²) < 4.78 is 0. The van der Waals surface area contributed by atoms with Gasteiger partial charge in [0, 0.05) is 17.0 Å². The van der Waals surface area contributed by atoms with Gasteiger partial charge in [0.25, 0.3) is 0 Å². The number of halogens is 1. The van der Waals surface area contributed by atoms with Crippen molar-refractivity contribution in [2.75, 3.05) is 0 Å². The molecule has 2 nitrogen and oxygen atoms in total. The summed E-state index contributed by atoms with van der Waals surface area (Å²) in [4.78, 5) is 7.12. The summed E-state index contributed by atoms with van der Waals surface area (Å²) in [6, 6.07) is 1.91. The summed E-state index contributed by atoms with van der Waals surface area (Å²) in [6.45, 7) is 1.91. The van der Waals surface area contributed by atoms with Crippen molar-refractivity contribution in [3.05, 3.63) is 40.5 Å². The first kappa shape index (κ1) is 7.41. The number of nitrogens with one attached hydrogen (secondary N) is 1. The molecule has 1 N–H and O–H groups in total. The summed E-state index contributed by atoms with van der Waals surface area (Å²) >= 11 is 6.06. The summed E-state index contributed by atoms with van der Waals surface area (Å²) in [5.74, 6) is 0. The first-order chi connectivity index (χ1) is 5.79. The van der Waals surface area contributed by atoms with E-state index in [4.69, 9.17) is 11.6 Å². The number of aromatic nitrogens is 1. The molecule has 2 heterocycles. The molecule has 0 unspecified atom stereocenters. The monoisotopic (exact) mass is 178 g/mol. The van der Waals surface area contributed by atoms with E-state index in [2.05, 4.69) is 15.7 Å². The van der Waals surface area contributed by atoms with E-state index in [1.807, 2.05) is 19.2 Å². The Morgan fingerprint density at radius 3 is 3.25 bits per heavy atom. The standard InChI is InChI=1S/C9H7ClN2/c1-6-2-4-11-9-7(8(6)10)3-5-12-9/h3-5H,1H3,(H,11,12). The number of allylic oxidation sites excluding steroid dienone is 1. The number of hydrogen-bond donors (Lipinski definition) is 1. The van der Waals surface area contributed by atoms with Crippen LogP contribution >= 0.6 is 11.6 Å². The first-order valence-corrected chi connectivity index (χ1v) is 4.00. The zero-order valence-corrected chi connectivity index (χ0v) is 7.31. The molecule has 1 aromatic heterocycles. The highest BCUT2D eigenvalue weighted by Gasteiger charge is 2.00. The van der Waals surface area contributed by atoms with Gasteiger partial charge in [-0.1, -0.05) is 17.3 Å². The second-order valence-electron chi connectivity index (χ2n) is 2.58. The minimum absolute atomic E-state index is 0.712. The third-order valence-corrected chi connectivity index (χ3v) is 2.25. The molecule has 1 aliphatic rings. The second-order valence-corrected chi connectivity index (χ2v) is 2.96. The minimum atomic E-state index is 0.712. The fraction of sp³-hybridized carbons (Fsp3) is 0.111. The molecule has 0 saturated carbocycles. The lowest BCUT2D eigenvalue weighted by Gasteiger charge is -1.89. The number of hydrogen-bond acceptors (Lipinski definition) is 1. The van der Waals surface area contributed by atoms with Crippen molar-refractivity contribution in [2.24, 2.45) is 4.99 Å². The number of H-pyrrole nitrogens is 1. The highest BCUT2D eigenvalue weighted by atomic mass is 35.5. The van der Waals surface area contributed by atoms with Crippen molar-refractivity contribution in [3.63, 3.8) is 0 Å². The molecular weight excluding hydrogens is 172 g/mol. The van der Waals surface area contributed by atoms with Gasteiger partial charge < -0.3 is 4.98 Å². The van der Waals surface area contributed by atoms with Gasteiger partial charge >= 0.3 is 0 Å². The third kappa shape index (κ3) is 1.02. The first-order valence-electron chi connectivity index (χ1n) is 3.62. The maximum absolute atomic E-state index is 6.06. The largest absolute Gasteiger partial charge is 0.346 e. The molecule has 60 valence electrons. The molecule has 0 spiro atoms. The van der Waals surface area contributed by atoms with E-state index in [1.165, 1.54) is 0 Å². The van der Waals surface area contributed by atoms with Crippen LogP contribution in [0.3, 0.4) is 0 Å².